The molecule has 0 aliphatic heterocycles. The summed E-state index contributed by atoms with van der Waals surface area (Å²) in [6.45, 7) is 3.12. The highest BCUT2D eigenvalue weighted by Gasteiger charge is 2.14. The van der Waals surface area contributed by atoms with E-state index in [0.29, 0.717) is 16.8 Å². The number of carbonyl (C=O) groups excluding carboxylic acids is 1. The van der Waals surface area contributed by atoms with Crippen molar-refractivity contribution in [3.8, 4) is 5.69 Å². The van der Waals surface area contributed by atoms with Crippen LogP contribution in [0.4, 0.5) is 4.39 Å². The molecule has 0 amide bonds. The molecule has 3 nitrogen and oxygen atoms in total. The molecular formula is C16H13FN2O. The molecule has 3 aromatic rings. The number of aryl methyl sites for hydroxylation is 1. The van der Waals surface area contributed by atoms with Crippen LogP contribution in [0.15, 0.2) is 42.7 Å². The molecule has 0 spiro atoms. The van der Waals surface area contributed by atoms with Crippen LogP contribution in [0.2, 0.25) is 0 Å². The summed E-state index contributed by atoms with van der Waals surface area (Å²) in [6, 6.07) is 10.6. The van der Waals surface area contributed by atoms with Gasteiger partial charge in [-0.3, -0.25) is 9.36 Å². The average molecular weight is 268 g/mol. The molecule has 0 radical (unpaired) electrons. The molecule has 2 aromatic carbocycles. The number of halogens is 1. The molecule has 0 atom stereocenters. The minimum Gasteiger partial charge on any atom is -0.298 e. The summed E-state index contributed by atoms with van der Waals surface area (Å²) in [5, 5.41) is 0. The van der Waals surface area contributed by atoms with E-state index in [9.17, 15) is 9.18 Å². The van der Waals surface area contributed by atoms with Gasteiger partial charge in [0.2, 0.25) is 0 Å². The van der Waals surface area contributed by atoms with Crippen LogP contribution in [-0.2, 0) is 0 Å². The fourth-order valence-electron chi connectivity index (χ4n) is 2.30. The highest BCUT2D eigenvalue weighted by Crippen LogP contribution is 2.24. The van der Waals surface area contributed by atoms with Gasteiger partial charge in [0, 0.05) is 5.56 Å². The number of nitrogens with zero attached hydrogens (tertiary/aromatic N) is 2. The predicted octanol–water partition coefficient (Wildman–Crippen LogP) is 3.68. The zero-order valence-electron chi connectivity index (χ0n) is 11.2. The normalized spacial score (nSPS) is 10.9. The first-order valence-electron chi connectivity index (χ1n) is 6.31. The molecule has 1 aromatic heterocycles. The molecule has 0 saturated heterocycles. The summed E-state index contributed by atoms with van der Waals surface area (Å²) in [5.41, 5.74) is 3.24. The fraction of sp³-hybridized carbons (Fsp3) is 0.125. The van der Waals surface area contributed by atoms with Crippen molar-refractivity contribution in [1.29, 1.82) is 0 Å². The molecule has 1 heterocycles. The Labute approximate surface area is 115 Å². The van der Waals surface area contributed by atoms with E-state index in [0.717, 1.165) is 11.0 Å². The van der Waals surface area contributed by atoms with Crippen LogP contribution in [0.25, 0.3) is 16.7 Å². The third kappa shape index (κ3) is 1.90. The van der Waals surface area contributed by atoms with Crippen LogP contribution < -0.4 is 0 Å². The van der Waals surface area contributed by atoms with E-state index in [2.05, 4.69) is 4.98 Å². The van der Waals surface area contributed by atoms with Gasteiger partial charge in [-0.05, 0) is 43.7 Å². The van der Waals surface area contributed by atoms with Crippen molar-refractivity contribution in [2.75, 3.05) is 0 Å². The minimum absolute atomic E-state index is 0.170. The Kier molecular flexibility index (Phi) is 2.86. The maximum Gasteiger partial charge on any atom is 0.162 e. The zero-order valence-corrected chi connectivity index (χ0v) is 11.2. The summed E-state index contributed by atoms with van der Waals surface area (Å²) >= 11 is 0. The van der Waals surface area contributed by atoms with Crippen LogP contribution in [0.1, 0.15) is 22.8 Å². The van der Waals surface area contributed by atoms with Gasteiger partial charge in [-0.25, -0.2) is 9.37 Å². The van der Waals surface area contributed by atoms with Gasteiger partial charge in [0.05, 0.1) is 16.7 Å². The molecule has 4 heteroatoms. The van der Waals surface area contributed by atoms with E-state index in [4.69, 9.17) is 0 Å². The van der Waals surface area contributed by atoms with Crippen LogP contribution >= 0.6 is 0 Å². The van der Waals surface area contributed by atoms with Crippen LogP contribution in [-0.4, -0.2) is 15.3 Å². The first-order chi connectivity index (χ1) is 9.58. The number of para-hydroxylation sites is 2. The van der Waals surface area contributed by atoms with Gasteiger partial charge in [0.25, 0.3) is 0 Å². The van der Waals surface area contributed by atoms with Gasteiger partial charge in [-0.2, -0.15) is 0 Å². The second kappa shape index (κ2) is 4.56. The average Bonchev–Trinajstić information content (AvgIpc) is 2.85. The quantitative estimate of drug-likeness (QED) is 0.664. The topological polar surface area (TPSA) is 34.9 Å². The van der Waals surface area contributed by atoms with Crippen LogP contribution in [0, 0.1) is 12.7 Å². The van der Waals surface area contributed by atoms with Gasteiger partial charge in [-0.15, -0.1) is 0 Å². The highest BCUT2D eigenvalue weighted by atomic mass is 19.1. The zero-order chi connectivity index (χ0) is 14.3. The second-order valence-corrected chi connectivity index (χ2v) is 4.78. The lowest BCUT2D eigenvalue weighted by atomic mass is 10.1. The van der Waals surface area contributed by atoms with E-state index in [1.807, 2.05) is 28.8 Å². The lowest BCUT2D eigenvalue weighted by molar-refractivity contribution is 0.101. The summed E-state index contributed by atoms with van der Waals surface area (Å²) in [4.78, 5) is 16.1. The number of hydrogen-bond acceptors (Lipinski definition) is 2. The molecule has 0 aliphatic carbocycles. The Balaban J connectivity index is 2.34. The molecule has 0 N–H and O–H groups in total. The summed E-state index contributed by atoms with van der Waals surface area (Å²) in [7, 11) is 0. The molecule has 3 rings (SSSR count). The number of benzene rings is 2. The lowest BCUT2D eigenvalue weighted by Gasteiger charge is -2.11. The van der Waals surface area contributed by atoms with E-state index in [1.54, 1.807) is 19.3 Å². The van der Waals surface area contributed by atoms with Gasteiger partial charge < -0.3 is 0 Å². The maximum atomic E-state index is 13.7. The lowest BCUT2D eigenvalue weighted by Crippen LogP contribution is -2.04. The summed E-state index contributed by atoms with van der Waals surface area (Å²) < 4.78 is 15.5. The van der Waals surface area contributed by atoms with Gasteiger partial charge in [0.15, 0.2) is 5.78 Å². The van der Waals surface area contributed by atoms with Crippen molar-refractivity contribution in [2.45, 2.75) is 13.8 Å². The third-order valence-corrected chi connectivity index (χ3v) is 3.37. The van der Waals surface area contributed by atoms with Crippen molar-refractivity contribution >= 4 is 16.8 Å². The van der Waals surface area contributed by atoms with Crippen molar-refractivity contribution in [2.24, 2.45) is 0 Å². The number of ketones is 1. The Hall–Kier alpha value is -2.49. The standard InChI is InChI=1S/C16H13FN2O/c1-10-7-16(12(11(2)20)8-13(10)17)19-9-18-14-5-3-4-6-15(14)19/h3-9H,1-2H3. The number of imidazole rings is 1. The third-order valence-electron chi connectivity index (χ3n) is 3.37. The molecule has 0 aliphatic rings. The molecule has 0 fully saturated rings. The number of carbonyl (C=O) groups is 1. The monoisotopic (exact) mass is 268 g/mol. The Morgan fingerprint density at radius 2 is 2.00 bits per heavy atom. The fourth-order valence-corrected chi connectivity index (χ4v) is 2.30. The highest BCUT2D eigenvalue weighted by molar-refractivity contribution is 5.98. The van der Waals surface area contributed by atoms with Crippen LogP contribution in [0.5, 0.6) is 0 Å². The largest absolute Gasteiger partial charge is 0.298 e. The first-order valence-corrected chi connectivity index (χ1v) is 6.31. The van der Waals surface area contributed by atoms with Crippen LogP contribution in [0.3, 0.4) is 0 Å². The molecule has 0 saturated carbocycles. The Bertz CT molecular complexity index is 820. The molecule has 0 unspecified atom stereocenters. The van der Waals surface area contributed by atoms with Crippen molar-refractivity contribution in [1.82, 2.24) is 9.55 Å². The van der Waals surface area contributed by atoms with Gasteiger partial charge in [-0.1, -0.05) is 12.1 Å². The molecule has 100 valence electrons. The van der Waals surface area contributed by atoms with Crippen molar-refractivity contribution < 1.29 is 9.18 Å². The summed E-state index contributed by atoms with van der Waals surface area (Å²) in [5.74, 6) is -0.542. The SMILES string of the molecule is CC(=O)c1cc(F)c(C)cc1-n1cnc2ccccc21. The summed E-state index contributed by atoms with van der Waals surface area (Å²) in [6.07, 6.45) is 1.66. The minimum atomic E-state index is -0.372. The van der Waals surface area contributed by atoms with E-state index < -0.39 is 0 Å². The van der Waals surface area contributed by atoms with Gasteiger partial charge in [0.1, 0.15) is 12.1 Å². The van der Waals surface area contributed by atoms with E-state index in [1.165, 1.54) is 13.0 Å². The molecule has 20 heavy (non-hydrogen) atoms. The van der Waals surface area contributed by atoms with Gasteiger partial charge >= 0.3 is 0 Å². The molecular weight excluding hydrogens is 255 g/mol. The van der Waals surface area contributed by atoms with E-state index >= 15 is 0 Å². The number of fused-ring (bicyclic) bond motifs is 1. The second-order valence-electron chi connectivity index (χ2n) is 4.78. The first kappa shape index (κ1) is 12.5. The number of rotatable bonds is 2. The Morgan fingerprint density at radius 3 is 2.75 bits per heavy atom. The Morgan fingerprint density at radius 1 is 1.25 bits per heavy atom. The molecule has 0 bridgehead atoms. The maximum absolute atomic E-state index is 13.7. The van der Waals surface area contributed by atoms with Crippen molar-refractivity contribution in [3.05, 3.63) is 59.7 Å². The van der Waals surface area contributed by atoms with E-state index in [-0.39, 0.29) is 11.6 Å². The smallest absolute Gasteiger partial charge is 0.162 e. The number of Topliss-reactive ketones (excluding diaryl/α,β-unsaturated/α-hetero) is 1. The predicted molar refractivity (Wildman–Crippen MR) is 75.8 cm³/mol. The number of aromatic nitrogens is 2. The number of hydrogen-bond donors (Lipinski definition) is 0. The van der Waals surface area contributed by atoms with Crippen molar-refractivity contribution in [3.63, 3.8) is 0 Å².